The number of esters is 1. The molecule has 0 amide bonds. The molecule has 3 heteroatoms. The monoisotopic (exact) mass is 170 g/mol. The normalized spacial score (nSPS) is 44.8. The summed E-state index contributed by atoms with van der Waals surface area (Å²) in [6.45, 7) is 2.90. The molecule has 1 saturated carbocycles. The van der Waals surface area contributed by atoms with Crippen molar-refractivity contribution in [1.82, 2.24) is 0 Å². The van der Waals surface area contributed by atoms with Gasteiger partial charge in [-0.25, -0.2) is 4.79 Å². The number of rotatable bonds is 1. The smallest absolute Gasteiger partial charge is 0.335 e. The molecule has 0 aromatic heterocycles. The maximum atomic E-state index is 11.2. The predicted molar refractivity (Wildman–Crippen MR) is 42.6 cm³/mol. The molecule has 0 N–H and O–H groups in total. The Kier molecular flexibility index (Phi) is 1.65. The first-order valence-corrected chi connectivity index (χ1v) is 4.37. The highest BCUT2D eigenvalue weighted by Gasteiger charge is 2.55. The lowest BCUT2D eigenvalue weighted by atomic mass is 9.61. The van der Waals surface area contributed by atoms with Crippen LogP contribution in [0.2, 0.25) is 0 Å². The molecule has 0 bridgehead atoms. The molecule has 2 rings (SSSR count). The van der Waals surface area contributed by atoms with Crippen molar-refractivity contribution in [2.24, 2.45) is 11.3 Å². The minimum atomic E-state index is -0.284. The first kappa shape index (κ1) is 8.05. The van der Waals surface area contributed by atoms with Gasteiger partial charge in [0.25, 0.3) is 0 Å². The van der Waals surface area contributed by atoms with Crippen LogP contribution >= 0.6 is 0 Å². The molecule has 0 spiro atoms. The zero-order valence-electron chi connectivity index (χ0n) is 7.50. The summed E-state index contributed by atoms with van der Waals surface area (Å²) in [6.07, 6.45) is 2.01. The zero-order valence-corrected chi connectivity index (χ0v) is 7.50. The van der Waals surface area contributed by atoms with Crippen molar-refractivity contribution >= 4 is 5.97 Å². The van der Waals surface area contributed by atoms with Gasteiger partial charge in [-0.1, -0.05) is 6.92 Å². The number of carbonyl (C=O) groups excluding carboxylic acids is 1. The number of ether oxygens (including phenoxy) is 2. The van der Waals surface area contributed by atoms with E-state index >= 15 is 0 Å². The highest BCUT2D eigenvalue weighted by Crippen LogP contribution is 2.53. The van der Waals surface area contributed by atoms with Crippen LogP contribution < -0.4 is 0 Å². The van der Waals surface area contributed by atoms with E-state index in [4.69, 9.17) is 4.74 Å². The van der Waals surface area contributed by atoms with E-state index in [-0.39, 0.29) is 17.5 Å². The number of carbonyl (C=O) groups is 1. The Morgan fingerprint density at radius 2 is 2.42 bits per heavy atom. The van der Waals surface area contributed by atoms with Crippen molar-refractivity contribution in [3.8, 4) is 0 Å². The number of hydrogen-bond acceptors (Lipinski definition) is 3. The first-order valence-electron chi connectivity index (χ1n) is 4.37. The van der Waals surface area contributed by atoms with Crippen LogP contribution in [0.15, 0.2) is 0 Å². The molecule has 0 aromatic carbocycles. The SMILES string of the molecule is COC(=O)[C@H]1OC[C@@]2(C)CC[C@@H]12. The predicted octanol–water partition coefficient (Wildman–Crippen LogP) is 0.974. The molecule has 1 aliphatic carbocycles. The molecule has 1 aliphatic heterocycles. The first-order chi connectivity index (χ1) is 5.67. The van der Waals surface area contributed by atoms with Crippen molar-refractivity contribution in [3.05, 3.63) is 0 Å². The van der Waals surface area contributed by atoms with Crippen molar-refractivity contribution < 1.29 is 14.3 Å². The maximum absolute atomic E-state index is 11.2. The van der Waals surface area contributed by atoms with Gasteiger partial charge in [-0.3, -0.25) is 0 Å². The van der Waals surface area contributed by atoms with E-state index in [1.165, 1.54) is 13.5 Å². The molecule has 1 heterocycles. The lowest BCUT2D eigenvalue weighted by Crippen LogP contribution is -2.42. The Morgan fingerprint density at radius 3 is 2.83 bits per heavy atom. The summed E-state index contributed by atoms with van der Waals surface area (Å²) in [4.78, 5) is 11.2. The van der Waals surface area contributed by atoms with Gasteiger partial charge >= 0.3 is 5.97 Å². The van der Waals surface area contributed by atoms with Crippen LogP contribution in [-0.2, 0) is 14.3 Å². The number of fused-ring (bicyclic) bond motifs is 1. The van der Waals surface area contributed by atoms with E-state index in [0.717, 1.165) is 13.0 Å². The quantitative estimate of drug-likeness (QED) is 0.550. The molecule has 3 atom stereocenters. The summed E-state index contributed by atoms with van der Waals surface area (Å²) in [5, 5.41) is 0. The molecule has 2 fully saturated rings. The second-order valence-electron chi connectivity index (χ2n) is 4.05. The number of hydrogen-bond donors (Lipinski definition) is 0. The van der Waals surface area contributed by atoms with Gasteiger partial charge in [-0.15, -0.1) is 0 Å². The fourth-order valence-corrected chi connectivity index (χ4v) is 2.24. The maximum Gasteiger partial charge on any atom is 0.335 e. The van der Waals surface area contributed by atoms with E-state index in [1.54, 1.807) is 0 Å². The van der Waals surface area contributed by atoms with Crippen molar-refractivity contribution in [3.63, 3.8) is 0 Å². The Balaban J connectivity index is 2.07. The van der Waals surface area contributed by atoms with Gasteiger partial charge < -0.3 is 9.47 Å². The van der Waals surface area contributed by atoms with Crippen molar-refractivity contribution in [1.29, 1.82) is 0 Å². The Labute approximate surface area is 72.0 Å². The third kappa shape index (κ3) is 0.891. The van der Waals surface area contributed by atoms with Gasteiger partial charge in [0, 0.05) is 5.92 Å². The van der Waals surface area contributed by atoms with Gasteiger partial charge in [0.05, 0.1) is 13.7 Å². The van der Waals surface area contributed by atoms with Gasteiger partial charge in [0.15, 0.2) is 6.10 Å². The van der Waals surface area contributed by atoms with E-state index in [0.29, 0.717) is 5.92 Å². The third-order valence-corrected chi connectivity index (χ3v) is 3.31. The molecule has 68 valence electrons. The van der Waals surface area contributed by atoms with Crippen LogP contribution in [0.5, 0.6) is 0 Å². The fraction of sp³-hybridized carbons (Fsp3) is 0.889. The second kappa shape index (κ2) is 2.46. The van der Waals surface area contributed by atoms with Gasteiger partial charge in [-0.05, 0) is 18.3 Å². The van der Waals surface area contributed by atoms with E-state index in [9.17, 15) is 4.79 Å². The Hall–Kier alpha value is -0.570. The molecule has 3 nitrogen and oxygen atoms in total. The summed E-state index contributed by atoms with van der Waals surface area (Å²) in [5.74, 6) is 0.202. The summed E-state index contributed by atoms with van der Waals surface area (Å²) >= 11 is 0. The third-order valence-electron chi connectivity index (χ3n) is 3.31. The highest BCUT2D eigenvalue weighted by atomic mass is 16.6. The second-order valence-corrected chi connectivity index (χ2v) is 4.05. The fourth-order valence-electron chi connectivity index (χ4n) is 2.24. The van der Waals surface area contributed by atoms with Crippen LogP contribution in [0.1, 0.15) is 19.8 Å². The molecule has 0 aromatic rings. The molecule has 1 saturated heterocycles. The summed E-state index contributed by atoms with van der Waals surface area (Å²) in [7, 11) is 1.42. The van der Waals surface area contributed by atoms with Crippen LogP contribution in [0.4, 0.5) is 0 Å². The molecule has 12 heavy (non-hydrogen) atoms. The van der Waals surface area contributed by atoms with E-state index < -0.39 is 0 Å². The Bertz CT molecular complexity index is 214. The topological polar surface area (TPSA) is 35.5 Å². The van der Waals surface area contributed by atoms with Crippen molar-refractivity contribution in [2.75, 3.05) is 13.7 Å². The van der Waals surface area contributed by atoms with Crippen LogP contribution in [-0.4, -0.2) is 25.8 Å². The molecule has 2 aliphatic rings. The summed E-state index contributed by atoms with van der Waals surface area (Å²) in [6, 6.07) is 0. The van der Waals surface area contributed by atoms with Crippen LogP contribution in [0.25, 0.3) is 0 Å². The zero-order chi connectivity index (χ0) is 8.77. The lowest BCUT2D eigenvalue weighted by molar-refractivity contribution is -0.153. The summed E-state index contributed by atoms with van der Waals surface area (Å²) < 4.78 is 10.1. The van der Waals surface area contributed by atoms with E-state index in [2.05, 4.69) is 11.7 Å². The largest absolute Gasteiger partial charge is 0.467 e. The standard InChI is InChI=1S/C9H14O3/c1-9-4-3-6(9)7(12-5-9)8(10)11-2/h6-7H,3-5H2,1-2H3/t6-,7-,9+/m0/s1. The molecular weight excluding hydrogens is 156 g/mol. The summed E-state index contributed by atoms with van der Waals surface area (Å²) in [5.41, 5.74) is 0.263. The molecular formula is C9H14O3. The van der Waals surface area contributed by atoms with Crippen molar-refractivity contribution in [2.45, 2.75) is 25.9 Å². The highest BCUT2D eigenvalue weighted by molar-refractivity contribution is 5.75. The van der Waals surface area contributed by atoms with Gasteiger partial charge in [0.2, 0.25) is 0 Å². The minimum Gasteiger partial charge on any atom is -0.467 e. The molecule has 0 unspecified atom stereocenters. The minimum absolute atomic E-state index is 0.205. The van der Waals surface area contributed by atoms with Gasteiger partial charge in [-0.2, -0.15) is 0 Å². The van der Waals surface area contributed by atoms with Crippen LogP contribution in [0, 0.1) is 11.3 Å². The molecule has 0 radical (unpaired) electrons. The van der Waals surface area contributed by atoms with Gasteiger partial charge in [0.1, 0.15) is 0 Å². The lowest BCUT2D eigenvalue weighted by Gasteiger charge is -2.41. The van der Waals surface area contributed by atoms with E-state index in [1.807, 2.05) is 0 Å². The Morgan fingerprint density at radius 1 is 1.67 bits per heavy atom. The van der Waals surface area contributed by atoms with Crippen LogP contribution in [0.3, 0.4) is 0 Å². The number of methoxy groups -OCH3 is 1. The average Bonchev–Trinajstić information content (AvgIpc) is 2.27. The average molecular weight is 170 g/mol.